The molecule has 0 aromatic heterocycles. The van der Waals surface area contributed by atoms with Crippen molar-refractivity contribution in [3.05, 3.63) is 228 Å². The van der Waals surface area contributed by atoms with E-state index in [1.165, 1.54) is 151 Å². The highest BCUT2D eigenvalue weighted by molar-refractivity contribution is 5.94. The number of carbonyl (C=O) groups is 4. The lowest BCUT2D eigenvalue weighted by Gasteiger charge is -2.38. The van der Waals surface area contributed by atoms with E-state index in [1.807, 2.05) is 48.5 Å². The Morgan fingerprint density at radius 1 is 0.263 bits per heavy atom. The number of alkyl halides is 6. The fraction of sp³-hybridized carbons (Fsp3) is 0.342. The summed E-state index contributed by atoms with van der Waals surface area (Å²) in [6.45, 7) is 5.78. The first kappa shape index (κ1) is 71.7. The van der Waals surface area contributed by atoms with E-state index < -0.39 is 52.8 Å². The molecule has 0 unspecified atom stereocenters. The van der Waals surface area contributed by atoms with Gasteiger partial charge in [0.25, 0.3) is 0 Å². The van der Waals surface area contributed by atoms with Gasteiger partial charge in [-0.3, -0.25) is 0 Å². The third-order valence-corrected chi connectivity index (χ3v) is 16.6. The molecule has 0 fully saturated rings. The minimum atomic E-state index is -5.96. The molecule has 500 valence electrons. The van der Waals surface area contributed by atoms with Crippen molar-refractivity contribution in [3.63, 3.8) is 0 Å². The Labute approximate surface area is 552 Å². The Hall–Kier alpha value is -9.18. The number of ether oxygens (including phenoxy) is 6. The zero-order chi connectivity index (χ0) is 67.5. The molecule has 0 saturated heterocycles. The number of hydrogen-bond acceptors (Lipinski definition) is 10. The predicted molar refractivity (Wildman–Crippen MR) is 357 cm³/mol. The van der Waals surface area contributed by atoms with Crippen LogP contribution in [0, 0.1) is 0 Å². The van der Waals surface area contributed by atoms with Gasteiger partial charge in [-0.2, -0.15) is 26.3 Å². The summed E-state index contributed by atoms with van der Waals surface area (Å²) in [5.41, 5.74) is -3.09. The number of benzene rings is 8. The molecule has 0 saturated carbocycles. The standard InChI is InChI=1S/C79H82F6O10/c1-3-5-7-9-11-13-15-17-19-21-55-90-67-43-31-59(32-44-67)57-23-27-61(28-24-57)73(86)92-69-47-35-63(36-48-69)75(88)94-71-51-39-65(40-52-71)77(78(80,81)82,79(83,84)85)66-41-53-72(54-42-66)95-76(89)64-37-49-70(50-38-64)93-74(87)62-29-25-58(26-30-62)60-33-45-68(46-34-60)91-56-22-20-18-16-14-12-10-8-6-4-2/h23-54H,3-22,55-56H2,1-2H3. The van der Waals surface area contributed by atoms with Gasteiger partial charge in [0, 0.05) is 0 Å². The molecule has 8 aromatic carbocycles. The van der Waals surface area contributed by atoms with Gasteiger partial charge in [0.05, 0.1) is 35.5 Å². The van der Waals surface area contributed by atoms with Crippen LogP contribution in [-0.2, 0) is 5.41 Å². The normalized spacial score (nSPS) is 11.6. The quantitative estimate of drug-likeness (QED) is 0.0162. The van der Waals surface area contributed by atoms with E-state index >= 15 is 26.3 Å². The van der Waals surface area contributed by atoms with Crippen LogP contribution in [0.25, 0.3) is 22.3 Å². The van der Waals surface area contributed by atoms with Crippen LogP contribution in [0.3, 0.4) is 0 Å². The zero-order valence-corrected chi connectivity index (χ0v) is 53.9. The first-order chi connectivity index (χ1) is 45.9. The molecule has 0 radical (unpaired) electrons. The van der Waals surface area contributed by atoms with E-state index in [4.69, 9.17) is 28.4 Å². The van der Waals surface area contributed by atoms with Crippen molar-refractivity contribution in [1.29, 1.82) is 0 Å². The van der Waals surface area contributed by atoms with Crippen molar-refractivity contribution in [2.24, 2.45) is 0 Å². The van der Waals surface area contributed by atoms with Gasteiger partial charge in [-0.05, 0) is 168 Å². The fourth-order valence-corrected chi connectivity index (χ4v) is 11.2. The van der Waals surface area contributed by atoms with Gasteiger partial charge in [0.15, 0.2) is 0 Å². The number of esters is 4. The van der Waals surface area contributed by atoms with Gasteiger partial charge in [-0.15, -0.1) is 0 Å². The first-order valence-corrected chi connectivity index (χ1v) is 33.1. The summed E-state index contributed by atoms with van der Waals surface area (Å²) in [4.78, 5) is 52.4. The minimum absolute atomic E-state index is 0.0665. The van der Waals surface area contributed by atoms with Crippen molar-refractivity contribution in [2.45, 2.75) is 160 Å². The van der Waals surface area contributed by atoms with Crippen LogP contribution < -0.4 is 28.4 Å². The average molecular weight is 1310 g/mol. The molecular weight excluding hydrogens is 1220 g/mol. The SMILES string of the molecule is CCCCCCCCCCCCOc1ccc(-c2ccc(C(=O)Oc3ccc(C(=O)Oc4ccc(C(c5ccc(OC(=O)c6ccc(OC(=O)c7ccc(-c8ccc(OCCCCCCCCCCCC)cc8)cc7)cc6)cc5)(C(F)(F)F)C(F)(F)F)cc4)cc3)cc2)cc1. The highest BCUT2D eigenvalue weighted by atomic mass is 19.4. The van der Waals surface area contributed by atoms with E-state index in [0.29, 0.717) is 37.5 Å². The van der Waals surface area contributed by atoms with Crippen molar-refractivity contribution < 1.29 is 73.9 Å². The van der Waals surface area contributed by atoms with Gasteiger partial charge in [0.2, 0.25) is 5.41 Å². The number of rotatable bonds is 36. The Morgan fingerprint density at radius 2 is 0.463 bits per heavy atom. The molecule has 0 atom stereocenters. The van der Waals surface area contributed by atoms with Gasteiger partial charge in [-0.1, -0.05) is 202 Å². The molecule has 8 rings (SSSR count). The largest absolute Gasteiger partial charge is 0.494 e. The summed E-state index contributed by atoms with van der Waals surface area (Å²) in [5, 5.41) is 0. The van der Waals surface area contributed by atoms with E-state index in [0.717, 1.165) is 83.7 Å². The molecule has 16 heteroatoms. The van der Waals surface area contributed by atoms with Crippen LogP contribution >= 0.6 is 0 Å². The lowest BCUT2D eigenvalue weighted by molar-refractivity contribution is -0.288. The lowest BCUT2D eigenvalue weighted by atomic mass is 9.73. The molecule has 0 aliphatic heterocycles. The molecule has 0 aliphatic carbocycles. The second-order valence-corrected chi connectivity index (χ2v) is 23.7. The molecule has 10 nitrogen and oxygen atoms in total. The maximum absolute atomic E-state index is 15.1. The molecule has 0 bridgehead atoms. The second-order valence-electron chi connectivity index (χ2n) is 23.7. The molecule has 8 aromatic rings. The first-order valence-electron chi connectivity index (χ1n) is 33.1. The maximum atomic E-state index is 15.1. The zero-order valence-electron chi connectivity index (χ0n) is 53.9. The molecular formula is C79H82F6O10. The smallest absolute Gasteiger partial charge is 0.411 e. The minimum Gasteiger partial charge on any atom is -0.494 e. The number of halogens is 6. The number of unbranched alkanes of at least 4 members (excludes halogenated alkanes) is 18. The lowest BCUT2D eigenvalue weighted by Crippen LogP contribution is -2.54. The van der Waals surface area contributed by atoms with E-state index in [1.54, 1.807) is 48.5 Å². The van der Waals surface area contributed by atoms with Crippen LogP contribution in [-0.4, -0.2) is 49.4 Å². The van der Waals surface area contributed by atoms with Gasteiger partial charge < -0.3 is 28.4 Å². The van der Waals surface area contributed by atoms with Crippen molar-refractivity contribution in [1.82, 2.24) is 0 Å². The Bertz CT molecular complexity index is 3400. The summed E-state index contributed by atoms with van der Waals surface area (Å²) < 4.78 is 124. The molecule has 0 spiro atoms. The van der Waals surface area contributed by atoms with Crippen molar-refractivity contribution in [2.75, 3.05) is 13.2 Å². The molecule has 95 heavy (non-hydrogen) atoms. The predicted octanol–water partition coefficient (Wildman–Crippen LogP) is 21.9. The van der Waals surface area contributed by atoms with Gasteiger partial charge in [-0.25, -0.2) is 19.2 Å². The van der Waals surface area contributed by atoms with Gasteiger partial charge in [0.1, 0.15) is 34.5 Å². The molecule has 0 N–H and O–H groups in total. The molecule has 0 aliphatic rings. The van der Waals surface area contributed by atoms with Crippen LogP contribution in [0.15, 0.2) is 194 Å². The second kappa shape index (κ2) is 35.9. The summed E-state index contributed by atoms with van der Waals surface area (Å²) in [5.74, 6) is -2.35. The average Bonchev–Trinajstić information content (AvgIpc) is 0.719. The summed E-state index contributed by atoms with van der Waals surface area (Å²) >= 11 is 0. The summed E-state index contributed by atoms with van der Waals surface area (Å²) in [6, 6.07) is 45.0. The van der Waals surface area contributed by atoms with Gasteiger partial charge >= 0.3 is 36.2 Å². The third kappa shape index (κ3) is 20.9. The van der Waals surface area contributed by atoms with Crippen LogP contribution in [0.4, 0.5) is 26.3 Å². The number of carbonyl (C=O) groups excluding carboxylic acids is 4. The monoisotopic (exact) mass is 1300 g/mol. The fourth-order valence-electron chi connectivity index (χ4n) is 11.2. The highest BCUT2D eigenvalue weighted by Gasteiger charge is 2.72. The van der Waals surface area contributed by atoms with Crippen molar-refractivity contribution >= 4 is 23.9 Å². The summed E-state index contributed by atoms with van der Waals surface area (Å²) in [7, 11) is 0. The van der Waals surface area contributed by atoms with E-state index in [2.05, 4.69) is 13.8 Å². The van der Waals surface area contributed by atoms with E-state index in [9.17, 15) is 19.2 Å². The summed E-state index contributed by atoms with van der Waals surface area (Å²) in [6.07, 6.45) is 13.1. The van der Waals surface area contributed by atoms with Crippen LogP contribution in [0.1, 0.15) is 195 Å². The molecule has 0 heterocycles. The maximum Gasteiger partial charge on any atom is 0.411 e. The molecule has 0 amide bonds. The Kier molecular flexibility index (Phi) is 27.1. The van der Waals surface area contributed by atoms with Crippen LogP contribution in [0.5, 0.6) is 34.5 Å². The van der Waals surface area contributed by atoms with Crippen LogP contribution in [0.2, 0.25) is 0 Å². The Morgan fingerprint density at radius 3 is 0.705 bits per heavy atom. The number of hydrogen-bond donors (Lipinski definition) is 0. The topological polar surface area (TPSA) is 124 Å². The van der Waals surface area contributed by atoms with Crippen molar-refractivity contribution in [3.8, 4) is 56.8 Å². The van der Waals surface area contributed by atoms with E-state index in [-0.39, 0.29) is 45.3 Å². The Balaban J connectivity index is 0.782. The third-order valence-electron chi connectivity index (χ3n) is 16.6. The highest BCUT2D eigenvalue weighted by Crippen LogP contribution is 2.56.